The molecule has 0 unspecified atom stereocenters. The molecule has 0 aliphatic heterocycles. The number of phenols is 1. The summed E-state index contributed by atoms with van der Waals surface area (Å²) in [5, 5.41) is 14.8. The van der Waals surface area contributed by atoms with Crippen molar-refractivity contribution in [2.45, 2.75) is 6.18 Å². The summed E-state index contributed by atoms with van der Waals surface area (Å²) in [6, 6.07) is 42.4. The second-order valence-electron chi connectivity index (χ2n) is 11.0. The van der Waals surface area contributed by atoms with Crippen LogP contribution in [0.1, 0.15) is 10.4 Å². The minimum atomic E-state index is -5.01. The second-order valence-corrected chi connectivity index (χ2v) is 11.0. The van der Waals surface area contributed by atoms with E-state index in [2.05, 4.69) is 82.8 Å². The molecular weight excluding hydrogens is 749 g/mol. The van der Waals surface area contributed by atoms with E-state index in [0.717, 1.165) is 38.6 Å². The van der Waals surface area contributed by atoms with Gasteiger partial charge in [0.15, 0.2) is 0 Å². The molecule has 6 aromatic carbocycles. The first-order valence-electron chi connectivity index (χ1n) is 14.8. The van der Waals surface area contributed by atoms with Gasteiger partial charge in [0.05, 0.1) is 16.6 Å². The third-order valence-corrected chi connectivity index (χ3v) is 8.15. The first-order valence-corrected chi connectivity index (χ1v) is 14.8. The second kappa shape index (κ2) is 13.9. The Kier molecular flexibility index (Phi) is 9.69. The summed E-state index contributed by atoms with van der Waals surface area (Å²) in [5.74, 6) is -2.68. The SMILES string of the molecule is O=C(c1ccc2cc3ccccc3cc2c1O)C(F)(F)F.[Eu].c1ccc(-c2ccnc3c2ccc2c(-c4ccccc4)ccnc23)cc1. The van der Waals surface area contributed by atoms with Crippen molar-refractivity contribution in [2.75, 3.05) is 0 Å². The number of carbonyl (C=O) groups is 1. The maximum absolute atomic E-state index is 12.5. The summed E-state index contributed by atoms with van der Waals surface area (Å²) in [4.78, 5) is 20.6. The monoisotopic (exact) mass is 775 g/mol. The Morgan fingerprint density at radius 2 is 1.02 bits per heavy atom. The normalized spacial score (nSPS) is 11.2. The molecule has 4 nitrogen and oxygen atoms in total. The molecule has 0 saturated carbocycles. The van der Waals surface area contributed by atoms with Crippen LogP contribution in [0.2, 0.25) is 0 Å². The number of Topliss-reactive ketones (excluding diaryl/α,β-unsaturated/α-hetero) is 1. The minimum absolute atomic E-state index is 0. The molecule has 0 saturated heterocycles. The van der Waals surface area contributed by atoms with Crippen LogP contribution in [0.3, 0.4) is 0 Å². The predicted octanol–water partition coefficient (Wildman–Crippen LogP) is 10.6. The van der Waals surface area contributed by atoms with Crippen molar-refractivity contribution in [2.24, 2.45) is 0 Å². The molecule has 0 spiro atoms. The maximum Gasteiger partial charge on any atom is 0.455 e. The third kappa shape index (κ3) is 6.48. The van der Waals surface area contributed by atoms with E-state index in [1.165, 1.54) is 28.3 Å². The number of pyridine rings is 2. The smallest absolute Gasteiger partial charge is 0.455 e. The number of hydrogen-bond acceptors (Lipinski definition) is 4. The molecule has 0 bridgehead atoms. The molecule has 1 radical (unpaired) electrons. The van der Waals surface area contributed by atoms with Gasteiger partial charge in [0.1, 0.15) is 5.75 Å². The standard InChI is InChI=1S/C24H16N2.C16H9F3O2.Eu/c1-3-7-17(8-4-1)19-13-15-25-23-21(19)11-12-22-20(14-16-26-24(22)23)18-9-5-2-6-10-18;17-16(18,19)15(21)12-6-5-11-7-9-3-1-2-4-10(9)8-13(11)14(12)20;/h1-16H;1-8,20H;. The number of ketones is 1. The number of alkyl halides is 3. The fraction of sp³-hybridized carbons (Fsp3) is 0.0250. The van der Waals surface area contributed by atoms with Gasteiger partial charge >= 0.3 is 6.18 Å². The third-order valence-electron chi connectivity index (χ3n) is 8.15. The molecule has 0 aliphatic rings. The number of benzene rings is 6. The average molecular weight is 775 g/mol. The van der Waals surface area contributed by atoms with Gasteiger partial charge in [-0.05, 0) is 68.7 Å². The van der Waals surface area contributed by atoms with Crippen molar-refractivity contribution < 1.29 is 72.4 Å². The molecule has 0 amide bonds. The Balaban J connectivity index is 0.000000168. The van der Waals surface area contributed by atoms with E-state index < -0.39 is 23.3 Å². The van der Waals surface area contributed by atoms with Gasteiger partial charge in [-0.3, -0.25) is 14.8 Å². The van der Waals surface area contributed by atoms with Crippen LogP contribution in [-0.4, -0.2) is 27.0 Å². The van der Waals surface area contributed by atoms with Gasteiger partial charge in [0.25, 0.3) is 5.78 Å². The molecule has 235 valence electrons. The fourth-order valence-corrected chi connectivity index (χ4v) is 5.90. The molecule has 0 atom stereocenters. The first-order chi connectivity index (χ1) is 22.8. The van der Waals surface area contributed by atoms with Crippen LogP contribution >= 0.6 is 0 Å². The molecular formula is C40H25EuF3N2O2. The van der Waals surface area contributed by atoms with Crippen molar-refractivity contribution in [3.8, 4) is 28.0 Å². The zero-order valence-electron chi connectivity index (χ0n) is 25.1. The van der Waals surface area contributed by atoms with Gasteiger partial charge in [-0.25, -0.2) is 0 Å². The van der Waals surface area contributed by atoms with Crippen molar-refractivity contribution in [1.29, 1.82) is 0 Å². The van der Waals surface area contributed by atoms with E-state index in [9.17, 15) is 23.1 Å². The average Bonchev–Trinajstić information content (AvgIpc) is 3.11. The largest absolute Gasteiger partial charge is 0.507 e. The van der Waals surface area contributed by atoms with Gasteiger partial charge in [-0.15, -0.1) is 0 Å². The molecule has 8 heteroatoms. The van der Waals surface area contributed by atoms with Crippen LogP contribution in [-0.2, 0) is 0 Å². The van der Waals surface area contributed by atoms with Crippen molar-refractivity contribution in [1.82, 2.24) is 9.97 Å². The minimum Gasteiger partial charge on any atom is -0.507 e. The summed E-state index contributed by atoms with van der Waals surface area (Å²) in [6.07, 6.45) is -1.26. The Hall–Kier alpha value is -4.50. The molecule has 48 heavy (non-hydrogen) atoms. The van der Waals surface area contributed by atoms with E-state index in [4.69, 9.17) is 0 Å². The zero-order valence-corrected chi connectivity index (χ0v) is 27.5. The number of rotatable bonds is 3. The molecule has 0 aliphatic carbocycles. The Morgan fingerprint density at radius 1 is 0.542 bits per heavy atom. The number of hydrogen-bond donors (Lipinski definition) is 1. The van der Waals surface area contributed by atoms with E-state index in [1.807, 2.05) is 36.7 Å². The number of aromatic nitrogens is 2. The molecule has 8 aromatic rings. The number of halogens is 3. The molecule has 1 N–H and O–H groups in total. The Morgan fingerprint density at radius 3 is 1.52 bits per heavy atom. The number of carbonyl (C=O) groups excluding carboxylic acids is 1. The summed E-state index contributed by atoms with van der Waals surface area (Å²) >= 11 is 0. The number of nitrogens with zero attached hydrogens (tertiary/aromatic N) is 2. The number of phenolic OH excluding ortho intramolecular Hbond substituents is 1. The van der Waals surface area contributed by atoms with Gasteiger partial charge < -0.3 is 5.11 Å². The van der Waals surface area contributed by atoms with E-state index in [0.29, 0.717) is 5.39 Å². The maximum atomic E-state index is 12.5. The number of fused-ring (bicyclic) bond motifs is 5. The van der Waals surface area contributed by atoms with Crippen LogP contribution < -0.4 is 0 Å². The quantitative estimate of drug-likeness (QED) is 0.110. The Labute approximate surface area is 314 Å². The predicted molar refractivity (Wildman–Crippen MR) is 181 cm³/mol. The van der Waals surface area contributed by atoms with Gasteiger partial charge in [0.2, 0.25) is 0 Å². The van der Waals surface area contributed by atoms with E-state index >= 15 is 0 Å². The topological polar surface area (TPSA) is 63.1 Å². The molecule has 2 heterocycles. The summed E-state index contributed by atoms with van der Waals surface area (Å²) in [5.41, 5.74) is 5.92. The van der Waals surface area contributed by atoms with Crippen LogP contribution in [0.5, 0.6) is 5.75 Å². The van der Waals surface area contributed by atoms with Crippen LogP contribution in [0, 0.1) is 49.4 Å². The van der Waals surface area contributed by atoms with E-state index in [1.54, 1.807) is 24.3 Å². The zero-order chi connectivity index (χ0) is 32.5. The van der Waals surface area contributed by atoms with Gasteiger partial charge in [-0.2, -0.15) is 13.2 Å². The molecule has 0 fully saturated rings. The molecule has 8 rings (SSSR count). The Bertz CT molecular complexity index is 2340. The van der Waals surface area contributed by atoms with Crippen molar-refractivity contribution in [3.05, 3.63) is 151 Å². The van der Waals surface area contributed by atoms with Crippen LogP contribution in [0.25, 0.3) is 65.6 Å². The summed E-state index contributed by atoms with van der Waals surface area (Å²) in [7, 11) is 0. The molecule has 2 aromatic heterocycles. The van der Waals surface area contributed by atoms with Crippen LogP contribution in [0.4, 0.5) is 13.2 Å². The van der Waals surface area contributed by atoms with Crippen molar-refractivity contribution in [3.63, 3.8) is 0 Å². The van der Waals surface area contributed by atoms with E-state index in [-0.39, 0.29) is 54.8 Å². The summed E-state index contributed by atoms with van der Waals surface area (Å²) < 4.78 is 37.5. The summed E-state index contributed by atoms with van der Waals surface area (Å²) in [6.45, 7) is 0. The van der Waals surface area contributed by atoms with Crippen LogP contribution in [0.15, 0.2) is 146 Å². The fourth-order valence-electron chi connectivity index (χ4n) is 5.90. The van der Waals surface area contributed by atoms with Gasteiger partial charge in [-0.1, -0.05) is 103 Å². The number of aromatic hydroxyl groups is 1. The first kappa shape index (κ1) is 33.4. The van der Waals surface area contributed by atoms with Gasteiger partial charge in [0, 0.05) is 77.9 Å². The van der Waals surface area contributed by atoms with Crippen molar-refractivity contribution >= 4 is 49.1 Å².